The fourth-order valence-corrected chi connectivity index (χ4v) is 2.13. The Kier molecular flexibility index (Phi) is 4.00. The van der Waals surface area contributed by atoms with Gasteiger partial charge in [-0.3, -0.25) is 9.78 Å². The Balaban J connectivity index is 1.74. The number of ether oxygens (including phenoxy) is 1. The molecule has 3 aromatic rings. The summed E-state index contributed by atoms with van der Waals surface area (Å²) in [5, 5.41) is 8.59. The quantitative estimate of drug-likeness (QED) is 0.683. The van der Waals surface area contributed by atoms with Gasteiger partial charge >= 0.3 is 5.97 Å². The zero-order valence-electron chi connectivity index (χ0n) is 11.8. The molecule has 6 heteroatoms. The van der Waals surface area contributed by atoms with Crippen molar-refractivity contribution in [1.29, 1.82) is 0 Å². The second-order valence-corrected chi connectivity index (χ2v) is 4.85. The van der Waals surface area contributed by atoms with Gasteiger partial charge in [0.2, 0.25) is 0 Å². The van der Waals surface area contributed by atoms with E-state index in [9.17, 15) is 4.79 Å². The summed E-state index contributed by atoms with van der Waals surface area (Å²) in [6.07, 6.45) is 4.06. The SMILES string of the molecule is O=C(O)CCCOc1ccc2nc(-c3cccnc3)[nH]c2c1. The van der Waals surface area contributed by atoms with Gasteiger partial charge in [-0.2, -0.15) is 0 Å². The molecule has 0 aliphatic carbocycles. The van der Waals surface area contributed by atoms with Crippen LogP contribution in [-0.2, 0) is 4.79 Å². The summed E-state index contributed by atoms with van der Waals surface area (Å²) in [6.45, 7) is 0.376. The van der Waals surface area contributed by atoms with E-state index in [1.165, 1.54) is 0 Å². The lowest BCUT2D eigenvalue weighted by atomic mass is 10.3. The standard InChI is InChI=1S/C16H15N3O3/c20-15(21)4-2-8-22-12-5-6-13-14(9-12)19-16(18-13)11-3-1-7-17-10-11/h1,3,5-7,9-10H,2,4,8H2,(H,18,19)(H,20,21). The molecule has 22 heavy (non-hydrogen) atoms. The summed E-state index contributed by atoms with van der Waals surface area (Å²) in [4.78, 5) is 22.3. The van der Waals surface area contributed by atoms with Gasteiger partial charge in [-0.1, -0.05) is 0 Å². The highest BCUT2D eigenvalue weighted by Gasteiger charge is 2.06. The van der Waals surface area contributed by atoms with Crippen molar-refractivity contribution in [2.75, 3.05) is 6.61 Å². The van der Waals surface area contributed by atoms with Gasteiger partial charge in [-0.05, 0) is 30.7 Å². The van der Waals surface area contributed by atoms with Crippen LogP contribution in [0.15, 0.2) is 42.7 Å². The highest BCUT2D eigenvalue weighted by atomic mass is 16.5. The maximum Gasteiger partial charge on any atom is 0.303 e. The average molecular weight is 297 g/mol. The van der Waals surface area contributed by atoms with Gasteiger partial charge in [0, 0.05) is 30.4 Å². The van der Waals surface area contributed by atoms with E-state index in [2.05, 4.69) is 15.0 Å². The van der Waals surface area contributed by atoms with Crippen LogP contribution in [0.5, 0.6) is 5.75 Å². The van der Waals surface area contributed by atoms with Gasteiger partial charge in [-0.25, -0.2) is 4.98 Å². The van der Waals surface area contributed by atoms with Crippen LogP contribution in [0.25, 0.3) is 22.4 Å². The van der Waals surface area contributed by atoms with Gasteiger partial charge in [0.15, 0.2) is 0 Å². The van der Waals surface area contributed by atoms with Crippen LogP contribution in [0.3, 0.4) is 0 Å². The van der Waals surface area contributed by atoms with Crippen LogP contribution in [0.2, 0.25) is 0 Å². The highest BCUT2D eigenvalue weighted by molar-refractivity contribution is 5.80. The summed E-state index contributed by atoms with van der Waals surface area (Å²) >= 11 is 0. The third-order valence-electron chi connectivity index (χ3n) is 3.19. The number of carbonyl (C=O) groups is 1. The lowest BCUT2D eigenvalue weighted by Crippen LogP contribution is -2.01. The van der Waals surface area contributed by atoms with E-state index >= 15 is 0 Å². The molecule has 2 aromatic heterocycles. The molecule has 0 fully saturated rings. The van der Waals surface area contributed by atoms with Gasteiger partial charge < -0.3 is 14.8 Å². The molecule has 0 amide bonds. The third kappa shape index (κ3) is 3.22. The maximum atomic E-state index is 10.4. The van der Waals surface area contributed by atoms with Gasteiger partial charge in [0.25, 0.3) is 0 Å². The number of benzene rings is 1. The molecular formula is C16H15N3O3. The molecule has 0 radical (unpaired) electrons. The fourth-order valence-electron chi connectivity index (χ4n) is 2.13. The lowest BCUT2D eigenvalue weighted by molar-refractivity contribution is -0.137. The van der Waals surface area contributed by atoms with E-state index in [1.54, 1.807) is 12.4 Å². The number of carboxylic acids is 1. The van der Waals surface area contributed by atoms with Crippen molar-refractivity contribution in [3.05, 3.63) is 42.7 Å². The van der Waals surface area contributed by atoms with Crippen LogP contribution < -0.4 is 4.74 Å². The number of H-pyrrole nitrogens is 1. The fraction of sp³-hybridized carbons (Fsp3) is 0.188. The first-order valence-corrected chi connectivity index (χ1v) is 6.97. The van der Waals surface area contributed by atoms with Gasteiger partial charge in [-0.15, -0.1) is 0 Å². The van der Waals surface area contributed by atoms with Crippen molar-refractivity contribution < 1.29 is 14.6 Å². The topological polar surface area (TPSA) is 88.1 Å². The predicted molar refractivity (Wildman–Crippen MR) is 81.7 cm³/mol. The number of hydrogen-bond donors (Lipinski definition) is 2. The molecular weight excluding hydrogens is 282 g/mol. The number of hydrogen-bond acceptors (Lipinski definition) is 4. The highest BCUT2D eigenvalue weighted by Crippen LogP contribution is 2.23. The molecule has 0 aliphatic rings. The Bertz CT molecular complexity index is 784. The smallest absolute Gasteiger partial charge is 0.303 e. The molecule has 0 saturated carbocycles. The van der Waals surface area contributed by atoms with E-state index in [1.807, 2.05) is 30.3 Å². The van der Waals surface area contributed by atoms with E-state index in [0.717, 1.165) is 22.4 Å². The summed E-state index contributed by atoms with van der Waals surface area (Å²) in [6, 6.07) is 9.37. The molecule has 6 nitrogen and oxygen atoms in total. The molecule has 2 heterocycles. The van der Waals surface area contributed by atoms with E-state index in [4.69, 9.17) is 9.84 Å². The van der Waals surface area contributed by atoms with Crippen molar-refractivity contribution in [2.24, 2.45) is 0 Å². The zero-order chi connectivity index (χ0) is 15.4. The number of aromatic nitrogens is 3. The van der Waals surface area contributed by atoms with Crippen molar-refractivity contribution >= 4 is 17.0 Å². The minimum absolute atomic E-state index is 0.109. The van der Waals surface area contributed by atoms with Gasteiger partial charge in [0.1, 0.15) is 11.6 Å². The third-order valence-corrected chi connectivity index (χ3v) is 3.19. The Hall–Kier alpha value is -2.89. The largest absolute Gasteiger partial charge is 0.494 e. The lowest BCUT2D eigenvalue weighted by Gasteiger charge is -2.04. The Morgan fingerprint density at radius 2 is 2.23 bits per heavy atom. The minimum atomic E-state index is -0.811. The number of aromatic amines is 1. The monoisotopic (exact) mass is 297 g/mol. The van der Waals surface area contributed by atoms with E-state index in [0.29, 0.717) is 18.8 Å². The molecule has 0 spiro atoms. The van der Waals surface area contributed by atoms with Gasteiger partial charge in [0.05, 0.1) is 17.6 Å². The Morgan fingerprint density at radius 3 is 3.00 bits per heavy atom. The number of carboxylic acid groups (broad SMARTS) is 1. The molecule has 0 saturated heterocycles. The van der Waals surface area contributed by atoms with E-state index < -0.39 is 5.97 Å². The van der Waals surface area contributed by atoms with Crippen molar-refractivity contribution in [1.82, 2.24) is 15.0 Å². The summed E-state index contributed by atoms with van der Waals surface area (Å²) in [7, 11) is 0. The number of imidazole rings is 1. The van der Waals surface area contributed by atoms with Crippen LogP contribution in [0, 0.1) is 0 Å². The van der Waals surface area contributed by atoms with Crippen molar-refractivity contribution in [3.8, 4) is 17.1 Å². The van der Waals surface area contributed by atoms with Crippen molar-refractivity contribution in [3.63, 3.8) is 0 Å². The first kappa shape index (κ1) is 14.1. The number of aliphatic carboxylic acids is 1. The number of fused-ring (bicyclic) bond motifs is 1. The molecule has 1 aromatic carbocycles. The summed E-state index contributed by atoms with van der Waals surface area (Å²) in [5.41, 5.74) is 2.63. The number of nitrogens with zero attached hydrogens (tertiary/aromatic N) is 2. The first-order chi connectivity index (χ1) is 10.7. The maximum absolute atomic E-state index is 10.4. The zero-order valence-corrected chi connectivity index (χ0v) is 11.8. The van der Waals surface area contributed by atoms with E-state index in [-0.39, 0.29) is 6.42 Å². The van der Waals surface area contributed by atoms with Crippen LogP contribution in [-0.4, -0.2) is 32.6 Å². The minimum Gasteiger partial charge on any atom is -0.494 e. The van der Waals surface area contributed by atoms with Crippen LogP contribution in [0.4, 0.5) is 0 Å². The first-order valence-electron chi connectivity index (χ1n) is 6.97. The molecule has 2 N–H and O–H groups in total. The van der Waals surface area contributed by atoms with Crippen molar-refractivity contribution in [2.45, 2.75) is 12.8 Å². The molecule has 0 unspecified atom stereocenters. The number of pyridine rings is 1. The average Bonchev–Trinajstić information content (AvgIpc) is 2.95. The second kappa shape index (κ2) is 6.26. The molecule has 0 aliphatic heterocycles. The number of rotatable bonds is 6. The second-order valence-electron chi connectivity index (χ2n) is 4.85. The summed E-state index contributed by atoms with van der Waals surface area (Å²) < 4.78 is 5.56. The predicted octanol–water partition coefficient (Wildman–Crippen LogP) is 2.87. The molecule has 0 atom stereocenters. The van der Waals surface area contributed by atoms with Crippen LogP contribution >= 0.6 is 0 Å². The Morgan fingerprint density at radius 1 is 1.32 bits per heavy atom. The number of nitrogens with one attached hydrogen (secondary N) is 1. The Labute approximate surface area is 126 Å². The molecule has 3 rings (SSSR count). The normalized spacial score (nSPS) is 10.7. The summed E-state index contributed by atoms with van der Waals surface area (Å²) in [5.74, 6) is 0.638. The molecule has 112 valence electrons. The molecule has 0 bridgehead atoms. The van der Waals surface area contributed by atoms with Crippen LogP contribution in [0.1, 0.15) is 12.8 Å².